The summed E-state index contributed by atoms with van der Waals surface area (Å²) in [6, 6.07) is 5.42. The van der Waals surface area contributed by atoms with Gasteiger partial charge in [0.05, 0.1) is 17.1 Å². The number of hydrogen-bond donors (Lipinski definition) is 2. The van der Waals surface area contributed by atoms with Crippen molar-refractivity contribution in [1.82, 2.24) is 14.9 Å². The Kier molecular flexibility index (Phi) is 2.16. The normalized spacial score (nSPS) is 16.2. The van der Waals surface area contributed by atoms with Crippen molar-refractivity contribution < 1.29 is 9.90 Å². The summed E-state index contributed by atoms with van der Waals surface area (Å²) in [6.07, 6.45) is -0.364. The number of imidazole rings is 1. The molecule has 0 unspecified atom stereocenters. The summed E-state index contributed by atoms with van der Waals surface area (Å²) in [7, 11) is 0. The first-order valence-corrected chi connectivity index (χ1v) is 5.57. The van der Waals surface area contributed by atoms with E-state index in [9.17, 15) is 9.90 Å². The Morgan fingerprint density at radius 3 is 3.00 bits per heavy atom. The van der Waals surface area contributed by atoms with Gasteiger partial charge in [-0.2, -0.15) is 0 Å². The molecule has 0 bridgehead atoms. The molecule has 1 aromatic carbocycles. The number of carbonyl (C=O) groups is 1. The van der Waals surface area contributed by atoms with E-state index in [-0.39, 0.29) is 12.0 Å². The number of likely N-dealkylation sites (tertiary alicyclic amines) is 1. The van der Waals surface area contributed by atoms with Gasteiger partial charge in [-0.1, -0.05) is 0 Å². The highest BCUT2D eigenvalue weighted by molar-refractivity contribution is 5.97. The minimum Gasteiger partial charge on any atom is -0.389 e. The number of H-pyrrole nitrogens is 1. The van der Waals surface area contributed by atoms with Crippen LogP contribution >= 0.6 is 0 Å². The van der Waals surface area contributed by atoms with Crippen LogP contribution in [0.1, 0.15) is 16.2 Å². The van der Waals surface area contributed by atoms with Gasteiger partial charge in [0, 0.05) is 18.7 Å². The number of aromatic amines is 1. The van der Waals surface area contributed by atoms with Crippen molar-refractivity contribution in [2.24, 2.45) is 0 Å². The van der Waals surface area contributed by atoms with Crippen molar-refractivity contribution in [2.45, 2.75) is 13.0 Å². The molecule has 2 N–H and O–H groups in total. The molecular formula is C12H13N3O2. The van der Waals surface area contributed by atoms with E-state index in [2.05, 4.69) is 9.97 Å². The number of aliphatic hydroxyl groups excluding tert-OH is 1. The lowest BCUT2D eigenvalue weighted by atomic mass is 10.1. The lowest BCUT2D eigenvalue weighted by Gasteiger charge is -2.35. The fourth-order valence-corrected chi connectivity index (χ4v) is 2.07. The Hall–Kier alpha value is -1.88. The average Bonchev–Trinajstić information content (AvgIpc) is 2.62. The Bertz CT molecular complexity index is 584. The van der Waals surface area contributed by atoms with Crippen LogP contribution in [0.2, 0.25) is 0 Å². The third-order valence-corrected chi connectivity index (χ3v) is 3.00. The summed E-state index contributed by atoms with van der Waals surface area (Å²) in [6.45, 7) is 2.74. The molecule has 1 amide bonds. The number of β-amino-alcohol motifs (C(OH)–C–C–N with tert-alkyl or cyclic N) is 1. The van der Waals surface area contributed by atoms with Crippen LogP contribution in [0.3, 0.4) is 0 Å². The molecule has 5 nitrogen and oxygen atoms in total. The lowest BCUT2D eigenvalue weighted by molar-refractivity contribution is 0.00590. The van der Waals surface area contributed by atoms with Crippen LogP contribution in [0, 0.1) is 6.92 Å². The van der Waals surface area contributed by atoms with Gasteiger partial charge in [-0.15, -0.1) is 0 Å². The molecule has 3 rings (SSSR count). The van der Waals surface area contributed by atoms with E-state index < -0.39 is 0 Å². The standard InChI is InChI=1S/C12H13N3O2/c1-7-13-10-3-2-8(4-11(10)14-7)12(17)15-5-9(16)6-15/h2-4,9,16H,5-6H2,1H3,(H,13,14). The molecule has 88 valence electrons. The van der Waals surface area contributed by atoms with Gasteiger partial charge in [-0.05, 0) is 25.1 Å². The molecule has 2 heterocycles. The maximum atomic E-state index is 12.0. The van der Waals surface area contributed by atoms with E-state index in [4.69, 9.17) is 0 Å². The fourth-order valence-electron chi connectivity index (χ4n) is 2.07. The van der Waals surface area contributed by atoms with Gasteiger partial charge < -0.3 is 15.0 Å². The van der Waals surface area contributed by atoms with Crippen molar-refractivity contribution in [3.8, 4) is 0 Å². The fraction of sp³-hybridized carbons (Fsp3) is 0.333. The molecule has 1 fully saturated rings. The maximum Gasteiger partial charge on any atom is 0.254 e. The van der Waals surface area contributed by atoms with Crippen molar-refractivity contribution in [2.75, 3.05) is 13.1 Å². The monoisotopic (exact) mass is 231 g/mol. The zero-order valence-corrected chi connectivity index (χ0v) is 9.47. The number of aliphatic hydroxyl groups is 1. The smallest absolute Gasteiger partial charge is 0.254 e. The number of hydrogen-bond acceptors (Lipinski definition) is 3. The van der Waals surface area contributed by atoms with Gasteiger partial charge in [0.15, 0.2) is 0 Å². The van der Waals surface area contributed by atoms with Gasteiger partial charge >= 0.3 is 0 Å². The van der Waals surface area contributed by atoms with E-state index in [0.29, 0.717) is 18.7 Å². The molecule has 0 saturated carbocycles. The second-order valence-corrected chi connectivity index (χ2v) is 4.42. The van der Waals surface area contributed by atoms with Crippen molar-refractivity contribution in [3.63, 3.8) is 0 Å². The third kappa shape index (κ3) is 1.68. The zero-order chi connectivity index (χ0) is 12.0. The molecule has 17 heavy (non-hydrogen) atoms. The number of fused-ring (bicyclic) bond motifs is 1. The van der Waals surface area contributed by atoms with Crippen LogP contribution in [-0.2, 0) is 0 Å². The molecule has 1 saturated heterocycles. The number of carbonyl (C=O) groups excluding carboxylic acids is 1. The first kappa shape index (κ1) is 10.3. The van der Waals surface area contributed by atoms with Crippen molar-refractivity contribution >= 4 is 16.9 Å². The second kappa shape index (κ2) is 3.56. The largest absolute Gasteiger partial charge is 0.389 e. The molecular weight excluding hydrogens is 218 g/mol. The summed E-state index contributed by atoms with van der Waals surface area (Å²) in [4.78, 5) is 21.0. The number of nitrogens with zero attached hydrogens (tertiary/aromatic N) is 2. The molecule has 0 aliphatic carbocycles. The number of aryl methyl sites for hydroxylation is 1. The van der Waals surface area contributed by atoms with Crippen molar-refractivity contribution in [3.05, 3.63) is 29.6 Å². The van der Waals surface area contributed by atoms with Gasteiger partial charge in [0.1, 0.15) is 5.82 Å². The molecule has 5 heteroatoms. The summed E-state index contributed by atoms with van der Waals surface area (Å²) < 4.78 is 0. The van der Waals surface area contributed by atoms with E-state index >= 15 is 0 Å². The Balaban J connectivity index is 1.92. The van der Waals surface area contributed by atoms with Crippen LogP contribution in [0.5, 0.6) is 0 Å². The summed E-state index contributed by atoms with van der Waals surface area (Å²) in [5.41, 5.74) is 2.37. The van der Waals surface area contributed by atoms with Gasteiger partial charge in [-0.25, -0.2) is 4.98 Å². The van der Waals surface area contributed by atoms with E-state index in [1.54, 1.807) is 11.0 Å². The first-order chi connectivity index (χ1) is 8.13. The van der Waals surface area contributed by atoms with Gasteiger partial charge in [-0.3, -0.25) is 4.79 Å². The Morgan fingerprint density at radius 2 is 2.29 bits per heavy atom. The average molecular weight is 231 g/mol. The van der Waals surface area contributed by atoms with Crippen LogP contribution in [0.4, 0.5) is 0 Å². The minimum absolute atomic E-state index is 0.0375. The second-order valence-electron chi connectivity index (χ2n) is 4.42. The number of nitrogens with one attached hydrogen (secondary N) is 1. The predicted molar refractivity (Wildman–Crippen MR) is 62.7 cm³/mol. The summed E-state index contributed by atoms with van der Waals surface area (Å²) in [5.74, 6) is 0.799. The van der Waals surface area contributed by atoms with E-state index in [1.807, 2.05) is 19.1 Å². The zero-order valence-electron chi connectivity index (χ0n) is 9.47. The molecule has 1 aromatic heterocycles. The SMILES string of the molecule is Cc1nc2ccc(C(=O)N3CC(O)C3)cc2[nH]1. The highest BCUT2D eigenvalue weighted by Crippen LogP contribution is 2.17. The first-order valence-electron chi connectivity index (χ1n) is 5.57. The van der Waals surface area contributed by atoms with Crippen LogP contribution < -0.4 is 0 Å². The molecule has 0 radical (unpaired) electrons. The van der Waals surface area contributed by atoms with E-state index in [0.717, 1.165) is 16.9 Å². The lowest BCUT2D eigenvalue weighted by Crippen LogP contribution is -2.53. The van der Waals surface area contributed by atoms with Crippen LogP contribution in [0.25, 0.3) is 11.0 Å². The van der Waals surface area contributed by atoms with Gasteiger partial charge in [0.2, 0.25) is 0 Å². The summed E-state index contributed by atoms with van der Waals surface area (Å²) in [5, 5.41) is 9.18. The van der Waals surface area contributed by atoms with Crippen LogP contribution in [-0.4, -0.2) is 45.1 Å². The highest BCUT2D eigenvalue weighted by atomic mass is 16.3. The Labute approximate surface area is 98.1 Å². The Morgan fingerprint density at radius 1 is 1.53 bits per heavy atom. The third-order valence-electron chi connectivity index (χ3n) is 3.00. The number of rotatable bonds is 1. The van der Waals surface area contributed by atoms with Crippen LogP contribution in [0.15, 0.2) is 18.2 Å². The van der Waals surface area contributed by atoms with E-state index in [1.165, 1.54) is 0 Å². The molecule has 1 aliphatic heterocycles. The minimum atomic E-state index is -0.364. The summed E-state index contributed by atoms with van der Waals surface area (Å²) >= 11 is 0. The molecule has 1 aliphatic rings. The molecule has 2 aromatic rings. The quantitative estimate of drug-likeness (QED) is 0.758. The van der Waals surface area contributed by atoms with Crippen molar-refractivity contribution in [1.29, 1.82) is 0 Å². The number of amides is 1. The van der Waals surface area contributed by atoms with Gasteiger partial charge in [0.25, 0.3) is 5.91 Å². The molecule has 0 spiro atoms. The number of aromatic nitrogens is 2. The molecule has 0 atom stereocenters. The topological polar surface area (TPSA) is 69.2 Å². The highest BCUT2D eigenvalue weighted by Gasteiger charge is 2.29. The predicted octanol–water partition coefficient (Wildman–Crippen LogP) is 0.688. The number of benzene rings is 1. The maximum absolute atomic E-state index is 12.0.